The highest BCUT2D eigenvalue weighted by molar-refractivity contribution is 6.30. The van der Waals surface area contributed by atoms with Gasteiger partial charge < -0.3 is 9.63 Å². The van der Waals surface area contributed by atoms with Gasteiger partial charge in [-0.25, -0.2) is 4.79 Å². The molecule has 0 unspecified atom stereocenters. The Hall–Kier alpha value is -2.59. The molecule has 0 radical (unpaired) electrons. The summed E-state index contributed by atoms with van der Waals surface area (Å²) in [5, 5.41) is 13.9. The highest BCUT2D eigenvalue weighted by Gasteiger charge is 2.24. The first-order valence-electron chi connectivity index (χ1n) is 6.21. The fourth-order valence-corrected chi connectivity index (χ4v) is 2.30. The number of hydrogen-bond acceptors (Lipinski definition) is 3. The third-order valence-corrected chi connectivity index (χ3v) is 3.28. The number of carboxylic acids is 1. The van der Waals surface area contributed by atoms with Crippen LogP contribution in [0, 0.1) is 0 Å². The van der Waals surface area contributed by atoms with E-state index in [4.69, 9.17) is 16.1 Å². The van der Waals surface area contributed by atoms with Gasteiger partial charge in [0.15, 0.2) is 5.76 Å². The second kappa shape index (κ2) is 5.42. The van der Waals surface area contributed by atoms with E-state index in [2.05, 4.69) is 5.16 Å². The lowest BCUT2D eigenvalue weighted by atomic mass is 10.0. The van der Waals surface area contributed by atoms with E-state index in [1.807, 2.05) is 18.2 Å². The molecule has 0 saturated heterocycles. The summed E-state index contributed by atoms with van der Waals surface area (Å²) >= 11 is 5.94. The van der Waals surface area contributed by atoms with Gasteiger partial charge in [-0.2, -0.15) is 0 Å². The zero-order chi connectivity index (χ0) is 14.8. The fraction of sp³-hybridized carbons (Fsp3) is 0. The van der Waals surface area contributed by atoms with Crippen LogP contribution in [-0.4, -0.2) is 16.2 Å². The zero-order valence-corrected chi connectivity index (χ0v) is 11.5. The third kappa shape index (κ3) is 2.53. The molecule has 21 heavy (non-hydrogen) atoms. The number of benzene rings is 2. The summed E-state index contributed by atoms with van der Waals surface area (Å²) in [4.78, 5) is 11.6. The molecular weight excluding hydrogens is 290 g/mol. The second-order valence-corrected chi connectivity index (χ2v) is 4.85. The molecule has 0 aliphatic carbocycles. The Bertz CT molecular complexity index is 796. The number of carbonyl (C=O) groups is 1. The van der Waals surface area contributed by atoms with Crippen LogP contribution in [0.1, 0.15) is 10.4 Å². The predicted octanol–water partition coefficient (Wildman–Crippen LogP) is 4.36. The molecule has 1 aromatic heterocycles. The monoisotopic (exact) mass is 299 g/mol. The average Bonchev–Trinajstić information content (AvgIpc) is 2.93. The highest BCUT2D eigenvalue weighted by atomic mass is 35.5. The summed E-state index contributed by atoms with van der Waals surface area (Å²) in [5.41, 5.74) is 1.56. The Morgan fingerprint density at radius 2 is 1.76 bits per heavy atom. The molecule has 1 N–H and O–H groups in total. The van der Waals surface area contributed by atoms with E-state index in [9.17, 15) is 9.90 Å². The van der Waals surface area contributed by atoms with Crippen LogP contribution in [-0.2, 0) is 0 Å². The first-order chi connectivity index (χ1) is 10.2. The minimum Gasteiger partial charge on any atom is -0.477 e. The van der Waals surface area contributed by atoms with Crippen LogP contribution >= 0.6 is 11.6 Å². The summed E-state index contributed by atoms with van der Waals surface area (Å²) in [6, 6.07) is 15.8. The molecule has 0 bridgehead atoms. The highest BCUT2D eigenvalue weighted by Crippen LogP contribution is 2.33. The van der Waals surface area contributed by atoms with Crippen molar-refractivity contribution in [3.05, 3.63) is 65.2 Å². The fourth-order valence-electron chi connectivity index (χ4n) is 2.11. The van der Waals surface area contributed by atoms with Crippen molar-refractivity contribution in [3.63, 3.8) is 0 Å². The van der Waals surface area contributed by atoms with E-state index in [1.54, 1.807) is 36.4 Å². The van der Waals surface area contributed by atoms with Gasteiger partial charge in [0.2, 0.25) is 0 Å². The maximum absolute atomic E-state index is 11.6. The van der Waals surface area contributed by atoms with Crippen LogP contribution in [0.5, 0.6) is 0 Å². The number of aromatic nitrogens is 1. The Morgan fingerprint density at radius 1 is 1.05 bits per heavy atom. The molecule has 0 fully saturated rings. The molecule has 0 atom stereocenters. The predicted molar refractivity (Wildman–Crippen MR) is 79.3 cm³/mol. The maximum atomic E-state index is 11.6. The summed E-state index contributed by atoms with van der Waals surface area (Å²) in [6.45, 7) is 0. The molecule has 3 rings (SSSR count). The Morgan fingerprint density at radius 3 is 2.43 bits per heavy atom. The molecule has 4 nitrogen and oxygen atoms in total. The van der Waals surface area contributed by atoms with E-state index in [1.165, 1.54) is 0 Å². The Kier molecular flexibility index (Phi) is 3.46. The minimum absolute atomic E-state index is 0.0310. The molecule has 1 heterocycles. The van der Waals surface area contributed by atoms with Crippen molar-refractivity contribution < 1.29 is 14.4 Å². The van der Waals surface area contributed by atoms with Crippen molar-refractivity contribution in [1.82, 2.24) is 5.16 Å². The van der Waals surface area contributed by atoms with Crippen molar-refractivity contribution >= 4 is 17.6 Å². The second-order valence-electron chi connectivity index (χ2n) is 4.42. The number of rotatable bonds is 3. The quantitative estimate of drug-likeness (QED) is 0.780. The van der Waals surface area contributed by atoms with Gasteiger partial charge in [-0.3, -0.25) is 0 Å². The molecule has 0 aliphatic rings. The number of hydrogen-bond donors (Lipinski definition) is 1. The van der Waals surface area contributed by atoms with Crippen molar-refractivity contribution in [2.45, 2.75) is 0 Å². The SMILES string of the molecule is O=C(O)c1c(-c2cccc(Cl)c2)noc1-c1ccccc1. The smallest absolute Gasteiger partial charge is 0.342 e. The lowest BCUT2D eigenvalue weighted by Gasteiger charge is -2.00. The normalized spacial score (nSPS) is 10.5. The zero-order valence-electron chi connectivity index (χ0n) is 10.8. The lowest BCUT2D eigenvalue weighted by Crippen LogP contribution is -1.99. The summed E-state index contributed by atoms with van der Waals surface area (Å²) < 4.78 is 5.26. The van der Waals surface area contributed by atoms with Crippen LogP contribution in [0.4, 0.5) is 0 Å². The van der Waals surface area contributed by atoms with Crippen LogP contribution in [0.25, 0.3) is 22.6 Å². The van der Waals surface area contributed by atoms with Crippen molar-refractivity contribution in [2.75, 3.05) is 0 Å². The van der Waals surface area contributed by atoms with Crippen LogP contribution < -0.4 is 0 Å². The molecule has 104 valence electrons. The van der Waals surface area contributed by atoms with E-state index >= 15 is 0 Å². The van der Waals surface area contributed by atoms with Gasteiger partial charge in [0.1, 0.15) is 11.3 Å². The Balaban J connectivity index is 2.20. The van der Waals surface area contributed by atoms with Gasteiger partial charge in [-0.1, -0.05) is 59.2 Å². The molecule has 0 saturated carbocycles. The van der Waals surface area contributed by atoms with Crippen molar-refractivity contribution in [3.8, 4) is 22.6 Å². The number of halogens is 1. The van der Waals surface area contributed by atoms with Gasteiger partial charge in [-0.15, -0.1) is 0 Å². The van der Waals surface area contributed by atoms with Gasteiger partial charge in [0, 0.05) is 16.1 Å². The van der Waals surface area contributed by atoms with Crippen molar-refractivity contribution in [1.29, 1.82) is 0 Å². The number of aromatic carboxylic acids is 1. The molecule has 0 aliphatic heterocycles. The Labute approximate surface area is 125 Å². The van der Waals surface area contributed by atoms with Crippen LogP contribution in [0.15, 0.2) is 59.1 Å². The summed E-state index contributed by atoms with van der Waals surface area (Å²) in [6.07, 6.45) is 0. The first kappa shape index (κ1) is 13.4. The van der Waals surface area contributed by atoms with Gasteiger partial charge in [-0.05, 0) is 12.1 Å². The lowest BCUT2D eigenvalue weighted by molar-refractivity contribution is 0.0698. The molecule has 5 heteroatoms. The standard InChI is InChI=1S/C16H10ClNO3/c17-12-8-4-7-11(9-12)14-13(16(19)20)15(21-18-14)10-5-2-1-3-6-10/h1-9H,(H,19,20). The molecule has 2 aromatic carbocycles. The van der Waals surface area contributed by atoms with Gasteiger partial charge in [0.25, 0.3) is 0 Å². The van der Waals surface area contributed by atoms with E-state index in [0.29, 0.717) is 16.1 Å². The number of carboxylic acid groups (broad SMARTS) is 1. The first-order valence-corrected chi connectivity index (χ1v) is 6.59. The van der Waals surface area contributed by atoms with Crippen molar-refractivity contribution in [2.24, 2.45) is 0 Å². The number of nitrogens with zero attached hydrogens (tertiary/aromatic N) is 1. The maximum Gasteiger partial charge on any atom is 0.342 e. The third-order valence-electron chi connectivity index (χ3n) is 3.04. The van der Waals surface area contributed by atoms with E-state index in [-0.39, 0.29) is 17.0 Å². The van der Waals surface area contributed by atoms with Crippen LogP contribution in [0.2, 0.25) is 5.02 Å². The summed E-state index contributed by atoms with van der Waals surface area (Å²) in [7, 11) is 0. The van der Waals surface area contributed by atoms with E-state index < -0.39 is 5.97 Å². The largest absolute Gasteiger partial charge is 0.477 e. The molecule has 3 aromatic rings. The summed E-state index contributed by atoms with van der Waals surface area (Å²) in [5.74, 6) is -0.858. The topological polar surface area (TPSA) is 63.3 Å². The minimum atomic E-state index is -1.09. The van der Waals surface area contributed by atoms with Gasteiger partial charge >= 0.3 is 5.97 Å². The molecule has 0 amide bonds. The van der Waals surface area contributed by atoms with Crippen LogP contribution in [0.3, 0.4) is 0 Å². The van der Waals surface area contributed by atoms with Gasteiger partial charge in [0.05, 0.1) is 0 Å². The average molecular weight is 300 g/mol. The van der Waals surface area contributed by atoms with E-state index in [0.717, 1.165) is 0 Å². The molecular formula is C16H10ClNO3. The molecule has 0 spiro atoms.